The molecule has 0 bridgehead atoms. The number of nitriles is 1. The Kier molecular flexibility index (Phi) is 5.28. The highest BCUT2D eigenvalue weighted by molar-refractivity contribution is 6.05. The monoisotopic (exact) mass is 289 g/mol. The van der Waals surface area contributed by atoms with Crippen molar-refractivity contribution in [3.05, 3.63) is 90.0 Å². The minimum atomic E-state index is -0.648. The maximum Gasteiger partial charge on any atom is 0.349 e. The van der Waals surface area contributed by atoms with Crippen molar-refractivity contribution in [1.29, 1.82) is 5.26 Å². The molecule has 0 radical (unpaired) electrons. The number of esters is 1. The van der Waals surface area contributed by atoms with Crippen molar-refractivity contribution in [2.75, 3.05) is 6.61 Å². The molecule has 3 heteroatoms. The lowest BCUT2D eigenvalue weighted by molar-refractivity contribution is -0.137. The topological polar surface area (TPSA) is 50.1 Å². The molecule has 3 nitrogen and oxygen atoms in total. The summed E-state index contributed by atoms with van der Waals surface area (Å²) in [6.07, 6.45) is 1.47. The van der Waals surface area contributed by atoms with E-state index in [0.29, 0.717) is 5.57 Å². The van der Waals surface area contributed by atoms with Gasteiger partial charge in [-0.2, -0.15) is 5.26 Å². The van der Waals surface area contributed by atoms with E-state index in [1.165, 1.54) is 6.08 Å². The molecule has 0 aliphatic carbocycles. The summed E-state index contributed by atoms with van der Waals surface area (Å²) in [4.78, 5) is 12.2. The standard InChI is InChI=1S/C19H15NO2/c1-2-13-22-19(21)17(14-20)18(15-9-5-3-6-10-15)16-11-7-4-8-12-16/h2-12H,1,13H2. The van der Waals surface area contributed by atoms with Gasteiger partial charge in [0.2, 0.25) is 0 Å². The van der Waals surface area contributed by atoms with Gasteiger partial charge in [-0.15, -0.1) is 0 Å². The summed E-state index contributed by atoms with van der Waals surface area (Å²) in [6.45, 7) is 3.57. The Morgan fingerprint density at radius 1 is 1.05 bits per heavy atom. The Hall–Kier alpha value is -3.12. The number of rotatable bonds is 5. The van der Waals surface area contributed by atoms with Crippen LogP contribution in [0.3, 0.4) is 0 Å². The van der Waals surface area contributed by atoms with Crippen molar-refractivity contribution in [3.63, 3.8) is 0 Å². The second-order valence-electron chi connectivity index (χ2n) is 4.48. The molecular formula is C19H15NO2. The lowest BCUT2D eigenvalue weighted by atomic mass is 9.93. The molecule has 108 valence electrons. The van der Waals surface area contributed by atoms with Crippen molar-refractivity contribution in [2.24, 2.45) is 0 Å². The number of ether oxygens (including phenoxy) is 1. The Bertz CT molecular complexity index is 684. The summed E-state index contributed by atoms with van der Waals surface area (Å²) in [5.41, 5.74) is 2.14. The fourth-order valence-electron chi connectivity index (χ4n) is 2.08. The fraction of sp³-hybridized carbons (Fsp3) is 0.0526. The van der Waals surface area contributed by atoms with Crippen LogP contribution < -0.4 is 0 Å². The Morgan fingerprint density at radius 2 is 1.55 bits per heavy atom. The molecule has 2 aromatic carbocycles. The van der Waals surface area contributed by atoms with Crippen LogP contribution in [0.5, 0.6) is 0 Å². The molecule has 0 heterocycles. The van der Waals surface area contributed by atoms with E-state index in [9.17, 15) is 10.1 Å². The third-order valence-corrected chi connectivity index (χ3v) is 3.02. The number of carbonyl (C=O) groups is 1. The molecule has 0 unspecified atom stereocenters. The van der Waals surface area contributed by atoms with Crippen LogP contribution in [0.2, 0.25) is 0 Å². The predicted molar refractivity (Wildman–Crippen MR) is 85.7 cm³/mol. The quantitative estimate of drug-likeness (QED) is 0.364. The molecular weight excluding hydrogens is 274 g/mol. The average molecular weight is 289 g/mol. The summed E-state index contributed by atoms with van der Waals surface area (Å²) < 4.78 is 5.03. The van der Waals surface area contributed by atoms with Crippen LogP contribution in [-0.4, -0.2) is 12.6 Å². The third-order valence-electron chi connectivity index (χ3n) is 3.02. The first kappa shape index (κ1) is 15.3. The molecule has 0 saturated heterocycles. The van der Waals surface area contributed by atoms with Crippen LogP contribution in [0.1, 0.15) is 11.1 Å². The summed E-state index contributed by atoms with van der Waals surface area (Å²) >= 11 is 0. The lowest BCUT2D eigenvalue weighted by Gasteiger charge is -2.11. The van der Waals surface area contributed by atoms with E-state index in [-0.39, 0.29) is 12.2 Å². The van der Waals surface area contributed by atoms with Crippen LogP contribution >= 0.6 is 0 Å². The van der Waals surface area contributed by atoms with Crippen molar-refractivity contribution in [2.45, 2.75) is 0 Å². The van der Waals surface area contributed by atoms with Gasteiger partial charge in [-0.1, -0.05) is 73.3 Å². The van der Waals surface area contributed by atoms with Gasteiger partial charge in [-0.3, -0.25) is 0 Å². The van der Waals surface area contributed by atoms with E-state index < -0.39 is 5.97 Å². The molecule has 0 aromatic heterocycles. The first-order valence-corrected chi connectivity index (χ1v) is 6.81. The van der Waals surface area contributed by atoms with E-state index in [0.717, 1.165) is 11.1 Å². The molecule has 22 heavy (non-hydrogen) atoms. The first-order valence-electron chi connectivity index (χ1n) is 6.81. The van der Waals surface area contributed by atoms with Crippen molar-refractivity contribution < 1.29 is 9.53 Å². The summed E-state index contributed by atoms with van der Waals surface area (Å²) in [7, 11) is 0. The molecule has 0 amide bonds. The van der Waals surface area contributed by atoms with Gasteiger partial charge in [0.25, 0.3) is 0 Å². The van der Waals surface area contributed by atoms with E-state index in [1.54, 1.807) is 0 Å². The van der Waals surface area contributed by atoms with Crippen molar-refractivity contribution in [1.82, 2.24) is 0 Å². The molecule has 0 fully saturated rings. The third kappa shape index (κ3) is 3.50. The molecule has 0 atom stereocenters. The molecule has 0 saturated carbocycles. The predicted octanol–water partition coefficient (Wildman–Crippen LogP) is 3.74. The maximum absolute atomic E-state index is 12.2. The second-order valence-corrected chi connectivity index (χ2v) is 4.48. The molecule has 2 aromatic rings. The number of carbonyl (C=O) groups excluding carboxylic acids is 1. The molecule has 2 rings (SSSR count). The average Bonchev–Trinajstić information content (AvgIpc) is 2.59. The van der Waals surface area contributed by atoms with Gasteiger partial charge >= 0.3 is 5.97 Å². The Balaban J connectivity index is 2.61. The SMILES string of the molecule is C=CCOC(=O)C(C#N)=C(c1ccccc1)c1ccccc1. The van der Waals surface area contributed by atoms with Gasteiger partial charge in [-0.05, 0) is 11.1 Å². The van der Waals surface area contributed by atoms with Crippen molar-refractivity contribution in [3.8, 4) is 6.07 Å². The van der Waals surface area contributed by atoms with Crippen molar-refractivity contribution >= 4 is 11.5 Å². The molecule has 0 aliphatic heterocycles. The highest BCUT2D eigenvalue weighted by atomic mass is 16.5. The Morgan fingerprint density at radius 3 is 1.95 bits per heavy atom. The van der Waals surface area contributed by atoms with Gasteiger partial charge < -0.3 is 4.74 Å². The van der Waals surface area contributed by atoms with Crippen LogP contribution in [0.15, 0.2) is 78.9 Å². The number of nitrogens with zero attached hydrogens (tertiary/aromatic N) is 1. The minimum Gasteiger partial charge on any atom is -0.457 e. The van der Waals surface area contributed by atoms with Gasteiger partial charge in [0, 0.05) is 5.57 Å². The van der Waals surface area contributed by atoms with Gasteiger partial charge in [0.15, 0.2) is 0 Å². The molecule has 0 spiro atoms. The summed E-state index contributed by atoms with van der Waals surface area (Å²) in [5.74, 6) is -0.648. The smallest absolute Gasteiger partial charge is 0.349 e. The van der Waals surface area contributed by atoms with E-state index >= 15 is 0 Å². The van der Waals surface area contributed by atoms with Crippen LogP contribution in [0, 0.1) is 11.3 Å². The first-order chi connectivity index (χ1) is 10.8. The summed E-state index contributed by atoms with van der Waals surface area (Å²) in [5, 5.41) is 9.45. The highest BCUT2D eigenvalue weighted by Crippen LogP contribution is 2.27. The van der Waals surface area contributed by atoms with E-state index in [4.69, 9.17) is 4.74 Å². The number of hydrogen-bond acceptors (Lipinski definition) is 3. The minimum absolute atomic E-state index is 0.0146. The Labute approximate surface area is 129 Å². The fourth-order valence-corrected chi connectivity index (χ4v) is 2.08. The number of hydrogen-bond donors (Lipinski definition) is 0. The zero-order valence-corrected chi connectivity index (χ0v) is 12.0. The van der Waals surface area contributed by atoms with Crippen LogP contribution in [0.25, 0.3) is 5.57 Å². The van der Waals surface area contributed by atoms with Crippen LogP contribution in [-0.2, 0) is 9.53 Å². The molecule has 0 aliphatic rings. The normalized spacial score (nSPS) is 9.41. The second kappa shape index (κ2) is 7.61. The zero-order valence-electron chi connectivity index (χ0n) is 12.0. The van der Waals surface area contributed by atoms with Gasteiger partial charge in [-0.25, -0.2) is 4.79 Å². The highest BCUT2D eigenvalue weighted by Gasteiger charge is 2.19. The van der Waals surface area contributed by atoms with Crippen LogP contribution in [0.4, 0.5) is 0 Å². The summed E-state index contributed by atoms with van der Waals surface area (Å²) in [6, 6.07) is 20.6. The van der Waals surface area contributed by atoms with E-state index in [2.05, 4.69) is 6.58 Å². The largest absolute Gasteiger partial charge is 0.457 e. The zero-order chi connectivity index (χ0) is 15.8. The van der Waals surface area contributed by atoms with E-state index in [1.807, 2.05) is 66.7 Å². The van der Waals surface area contributed by atoms with Gasteiger partial charge in [0.1, 0.15) is 18.2 Å². The molecule has 0 N–H and O–H groups in total. The number of benzene rings is 2. The lowest BCUT2D eigenvalue weighted by Crippen LogP contribution is -2.09. The maximum atomic E-state index is 12.2. The van der Waals surface area contributed by atoms with Gasteiger partial charge in [0.05, 0.1) is 0 Å².